The van der Waals surface area contributed by atoms with E-state index < -0.39 is 21.1 Å². The van der Waals surface area contributed by atoms with Crippen LogP contribution in [0.25, 0.3) is 10.9 Å². The molecular weight excluding hydrogens is 377 g/mol. The Morgan fingerprint density at radius 2 is 1.69 bits per heavy atom. The maximum absolute atomic E-state index is 13.1. The molecule has 0 fully saturated rings. The van der Waals surface area contributed by atoms with Gasteiger partial charge in [0.25, 0.3) is 0 Å². The summed E-state index contributed by atoms with van der Waals surface area (Å²) >= 11 is 0. The Kier molecular flexibility index (Phi) is 3.67. The highest BCUT2D eigenvalue weighted by atomic mass is 32.5. The van der Waals surface area contributed by atoms with Crippen LogP contribution in [0.3, 0.4) is 0 Å². The number of carbonyl (C=O) groups is 1. The SMILES string of the molecule is Cc1[nH]c2ccc(S(F)(F)(F)(F)F)cc2c1C(=O)OCc1ccccc1. The van der Waals surface area contributed by atoms with Gasteiger partial charge in [0.05, 0.1) is 5.56 Å². The maximum atomic E-state index is 13.1. The topological polar surface area (TPSA) is 42.1 Å². The van der Waals surface area contributed by atoms with Crippen LogP contribution in [0.5, 0.6) is 0 Å². The monoisotopic (exact) mass is 391 g/mol. The quantitative estimate of drug-likeness (QED) is 0.408. The van der Waals surface area contributed by atoms with Crippen molar-refractivity contribution in [3.05, 3.63) is 65.4 Å². The van der Waals surface area contributed by atoms with Crippen molar-refractivity contribution in [2.24, 2.45) is 0 Å². The minimum atomic E-state index is -9.85. The molecule has 1 aromatic heterocycles. The average Bonchev–Trinajstić information content (AvgIpc) is 2.86. The van der Waals surface area contributed by atoms with E-state index >= 15 is 0 Å². The van der Waals surface area contributed by atoms with Gasteiger partial charge in [-0.05, 0) is 30.7 Å². The summed E-state index contributed by atoms with van der Waals surface area (Å²) < 4.78 is 70.4. The lowest BCUT2D eigenvalue weighted by Crippen LogP contribution is -2.08. The van der Waals surface area contributed by atoms with Crippen LogP contribution in [0, 0.1) is 6.92 Å². The molecule has 3 aromatic rings. The van der Waals surface area contributed by atoms with Crippen molar-refractivity contribution in [3.8, 4) is 0 Å². The van der Waals surface area contributed by atoms with E-state index in [9.17, 15) is 24.2 Å². The highest BCUT2D eigenvalue weighted by Crippen LogP contribution is 3.02. The second kappa shape index (κ2) is 5.23. The standard InChI is InChI=1S/C17H14F5NO2S/c1-11-16(17(24)25-10-12-5-3-2-4-6-12)14-9-13(7-8-15(14)23-11)26(18,19,20,21)22/h2-9,23H,10H2,1H3. The number of benzene rings is 2. The summed E-state index contributed by atoms with van der Waals surface area (Å²) in [6, 6.07) is 10.1. The smallest absolute Gasteiger partial charge is 0.340 e. The molecule has 0 atom stereocenters. The van der Waals surface area contributed by atoms with Crippen molar-refractivity contribution in [2.45, 2.75) is 18.4 Å². The number of aromatic nitrogens is 1. The van der Waals surface area contributed by atoms with Crippen molar-refractivity contribution in [3.63, 3.8) is 0 Å². The third-order valence-corrected chi connectivity index (χ3v) is 4.96. The Morgan fingerprint density at radius 1 is 1.04 bits per heavy atom. The summed E-state index contributed by atoms with van der Waals surface area (Å²) in [5.41, 5.74) is 0.864. The van der Waals surface area contributed by atoms with E-state index in [0.717, 1.165) is 6.07 Å². The zero-order valence-corrected chi connectivity index (χ0v) is 14.3. The second-order valence-corrected chi connectivity index (χ2v) is 8.27. The molecule has 140 valence electrons. The molecule has 0 saturated carbocycles. The number of aryl methyl sites for hydroxylation is 1. The lowest BCUT2D eigenvalue weighted by Gasteiger charge is -2.40. The van der Waals surface area contributed by atoms with E-state index in [1.807, 2.05) is 0 Å². The number of carbonyl (C=O) groups excluding carboxylic acids is 1. The number of fused-ring (bicyclic) bond motifs is 1. The highest BCUT2D eigenvalue weighted by molar-refractivity contribution is 8.45. The number of aromatic amines is 1. The van der Waals surface area contributed by atoms with E-state index in [1.54, 1.807) is 30.3 Å². The molecule has 0 unspecified atom stereocenters. The number of rotatable bonds is 4. The van der Waals surface area contributed by atoms with Gasteiger partial charge in [0.1, 0.15) is 11.5 Å². The van der Waals surface area contributed by atoms with Gasteiger partial charge in [-0.3, -0.25) is 0 Å². The van der Waals surface area contributed by atoms with Gasteiger partial charge in [-0.25, -0.2) is 4.79 Å². The van der Waals surface area contributed by atoms with Gasteiger partial charge in [-0.1, -0.05) is 49.8 Å². The van der Waals surface area contributed by atoms with E-state index in [4.69, 9.17) is 4.74 Å². The minimum Gasteiger partial charge on any atom is -0.457 e. The molecule has 0 bridgehead atoms. The van der Waals surface area contributed by atoms with Crippen molar-refractivity contribution in [1.82, 2.24) is 4.98 Å². The lowest BCUT2D eigenvalue weighted by atomic mass is 10.1. The van der Waals surface area contributed by atoms with Gasteiger partial charge in [0.2, 0.25) is 0 Å². The second-order valence-electron chi connectivity index (χ2n) is 5.86. The third-order valence-electron chi connectivity index (χ3n) is 3.82. The zero-order chi connectivity index (χ0) is 19.2. The normalized spacial score (nSPS) is 14.7. The minimum absolute atomic E-state index is 0.0902. The van der Waals surface area contributed by atoms with Crippen molar-refractivity contribution in [1.29, 1.82) is 0 Å². The van der Waals surface area contributed by atoms with E-state index in [1.165, 1.54) is 6.92 Å². The summed E-state index contributed by atoms with van der Waals surface area (Å²) in [5, 5.41) is -0.258. The molecule has 0 saturated heterocycles. The summed E-state index contributed by atoms with van der Waals surface area (Å²) in [6.07, 6.45) is 0. The third kappa shape index (κ3) is 3.67. The molecular formula is C17H14F5NO2S. The molecule has 1 heterocycles. The molecule has 26 heavy (non-hydrogen) atoms. The Hall–Kier alpha value is -2.55. The molecule has 0 aliphatic carbocycles. The van der Waals surface area contributed by atoms with E-state index in [0.29, 0.717) is 17.7 Å². The molecule has 1 N–H and O–H groups in total. The first kappa shape index (κ1) is 18.2. The Bertz CT molecular complexity index is 997. The van der Waals surface area contributed by atoms with Crippen LogP contribution < -0.4 is 0 Å². The largest absolute Gasteiger partial charge is 0.457 e. The van der Waals surface area contributed by atoms with Crippen LogP contribution in [0.1, 0.15) is 21.6 Å². The van der Waals surface area contributed by atoms with Crippen molar-refractivity contribution in [2.75, 3.05) is 0 Å². The van der Waals surface area contributed by atoms with Crippen LogP contribution in [-0.2, 0) is 11.3 Å². The van der Waals surface area contributed by atoms with Gasteiger partial charge in [0.15, 0.2) is 0 Å². The predicted octanol–water partition coefficient (Wildman–Crippen LogP) is 6.49. The fourth-order valence-corrected chi connectivity index (χ4v) is 3.27. The van der Waals surface area contributed by atoms with Gasteiger partial charge in [-0.2, -0.15) is 0 Å². The molecule has 3 rings (SSSR count). The first-order valence-corrected chi connectivity index (χ1v) is 9.38. The Morgan fingerprint density at radius 3 is 2.31 bits per heavy atom. The summed E-state index contributed by atoms with van der Waals surface area (Å²) in [7, 11) is -9.85. The van der Waals surface area contributed by atoms with Gasteiger partial charge >= 0.3 is 16.2 Å². The van der Waals surface area contributed by atoms with E-state index in [-0.39, 0.29) is 28.8 Å². The van der Waals surface area contributed by atoms with Crippen LogP contribution in [0.2, 0.25) is 0 Å². The summed E-state index contributed by atoms with van der Waals surface area (Å²) in [4.78, 5) is 13.0. The first-order valence-electron chi connectivity index (χ1n) is 7.42. The predicted molar refractivity (Wildman–Crippen MR) is 90.0 cm³/mol. The fourth-order valence-electron chi connectivity index (χ4n) is 2.60. The number of esters is 1. The highest BCUT2D eigenvalue weighted by Gasteiger charge is 2.65. The molecule has 0 aliphatic rings. The molecule has 3 nitrogen and oxygen atoms in total. The number of ether oxygens (including phenoxy) is 1. The molecule has 0 spiro atoms. The average molecular weight is 391 g/mol. The Balaban J connectivity index is 2.00. The zero-order valence-electron chi connectivity index (χ0n) is 13.4. The summed E-state index contributed by atoms with van der Waals surface area (Å²) in [5.74, 6) is -0.892. The van der Waals surface area contributed by atoms with Crippen molar-refractivity contribution < 1.29 is 29.0 Å². The maximum Gasteiger partial charge on any atom is 0.340 e. The number of halogens is 5. The number of nitrogens with one attached hydrogen (secondary N) is 1. The van der Waals surface area contributed by atoms with Gasteiger partial charge < -0.3 is 9.72 Å². The molecule has 0 amide bonds. The fraction of sp³-hybridized carbons (Fsp3) is 0.118. The Labute approximate surface area is 145 Å². The molecule has 9 heteroatoms. The van der Waals surface area contributed by atoms with Gasteiger partial charge in [-0.15, -0.1) is 0 Å². The first-order chi connectivity index (χ1) is 11.8. The number of H-pyrrole nitrogens is 1. The van der Waals surface area contributed by atoms with Crippen LogP contribution >= 0.6 is 10.2 Å². The number of hydrogen-bond acceptors (Lipinski definition) is 2. The van der Waals surface area contributed by atoms with Gasteiger partial charge in [0, 0.05) is 16.6 Å². The summed E-state index contributed by atoms with van der Waals surface area (Å²) in [6.45, 7) is 1.37. The molecule has 2 aromatic carbocycles. The van der Waals surface area contributed by atoms with Crippen LogP contribution in [0.15, 0.2) is 53.4 Å². The molecule has 0 aliphatic heterocycles. The van der Waals surface area contributed by atoms with Crippen molar-refractivity contribution >= 4 is 27.1 Å². The lowest BCUT2D eigenvalue weighted by molar-refractivity contribution is 0.0474. The van der Waals surface area contributed by atoms with Crippen LogP contribution in [0.4, 0.5) is 19.4 Å². The van der Waals surface area contributed by atoms with E-state index in [2.05, 4.69) is 4.98 Å². The van der Waals surface area contributed by atoms with Crippen LogP contribution in [-0.4, -0.2) is 11.0 Å². The molecule has 0 radical (unpaired) electrons. The number of hydrogen-bond donors (Lipinski definition) is 1.